The Morgan fingerprint density at radius 3 is 2.59 bits per heavy atom. The second-order valence-electron chi connectivity index (χ2n) is 8.03. The van der Waals surface area contributed by atoms with Crippen molar-refractivity contribution in [3.63, 3.8) is 0 Å². The van der Waals surface area contributed by atoms with Gasteiger partial charge in [0.25, 0.3) is 5.91 Å². The number of ether oxygens (including phenoxy) is 1. The van der Waals surface area contributed by atoms with Gasteiger partial charge in [-0.1, -0.05) is 6.07 Å². The fraction of sp³-hybridized carbons (Fsp3) is 0.550. The predicted octanol–water partition coefficient (Wildman–Crippen LogP) is 0.840. The highest BCUT2D eigenvalue weighted by atomic mass is 19.1. The lowest BCUT2D eigenvalue weighted by Gasteiger charge is -2.21. The molecule has 8 nitrogen and oxygen atoms in total. The van der Waals surface area contributed by atoms with Gasteiger partial charge >= 0.3 is 6.09 Å². The van der Waals surface area contributed by atoms with Gasteiger partial charge in [0.05, 0.1) is 18.8 Å². The Balaban J connectivity index is 1.40. The Bertz CT molecular complexity index is 849. The van der Waals surface area contributed by atoms with Gasteiger partial charge in [0.1, 0.15) is 18.0 Å². The van der Waals surface area contributed by atoms with Crippen LogP contribution in [0.2, 0.25) is 0 Å². The quantitative estimate of drug-likeness (QED) is 0.756. The smallest absolute Gasteiger partial charge is 0.414 e. The number of carbonyl (C=O) groups excluding carboxylic acids is 3. The van der Waals surface area contributed by atoms with Crippen LogP contribution >= 0.6 is 0 Å². The molecule has 1 unspecified atom stereocenters. The molecular formula is C20H24FN3O5. The predicted molar refractivity (Wildman–Crippen MR) is 101 cm³/mol. The highest BCUT2D eigenvalue weighted by molar-refractivity contribution is 5.90. The van der Waals surface area contributed by atoms with Crippen molar-refractivity contribution >= 4 is 23.6 Å². The van der Waals surface area contributed by atoms with E-state index in [1.54, 1.807) is 17.0 Å². The summed E-state index contributed by atoms with van der Waals surface area (Å²) in [5.41, 5.74) is 1.01. The number of nitrogens with zero attached hydrogens (tertiary/aromatic N) is 2. The minimum Gasteiger partial charge on any atom is -0.442 e. The normalized spacial score (nSPS) is 28.8. The average molecular weight is 405 g/mol. The molecule has 1 saturated carbocycles. The molecule has 1 aromatic carbocycles. The van der Waals surface area contributed by atoms with Crippen LogP contribution in [0.3, 0.4) is 0 Å². The Hall–Kier alpha value is -2.68. The van der Waals surface area contributed by atoms with Crippen LogP contribution in [0.5, 0.6) is 0 Å². The molecule has 1 aromatic rings. The van der Waals surface area contributed by atoms with Gasteiger partial charge in [-0.2, -0.15) is 0 Å². The van der Waals surface area contributed by atoms with Crippen molar-refractivity contribution in [1.29, 1.82) is 0 Å². The number of likely N-dealkylation sites (tertiary alicyclic amines) is 1. The number of aliphatic hydroxyl groups excluding tert-OH is 1. The van der Waals surface area contributed by atoms with Crippen LogP contribution < -0.4 is 10.2 Å². The first-order chi connectivity index (χ1) is 13.8. The van der Waals surface area contributed by atoms with Gasteiger partial charge in [0, 0.05) is 20.0 Å². The molecule has 4 rings (SSSR count). The largest absolute Gasteiger partial charge is 0.442 e. The third-order valence-corrected chi connectivity index (χ3v) is 5.97. The molecule has 1 aliphatic carbocycles. The molecule has 2 heterocycles. The average Bonchev–Trinajstić information content (AvgIpc) is 3.00. The van der Waals surface area contributed by atoms with E-state index in [-0.39, 0.29) is 48.5 Å². The summed E-state index contributed by atoms with van der Waals surface area (Å²) in [7, 11) is 0. The molecule has 0 spiro atoms. The van der Waals surface area contributed by atoms with Crippen LogP contribution in [0.15, 0.2) is 18.2 Å². The van der Waals surface area contributed by atoms with E-state index in [1.165, 1.54) is 24.8 Å². The van der Waals surface area contributed by atoms with Crippen LogP contribution in [0.25, 0.3) is 0 Å². The Labute approximate surface area is 167 Å². The number of aliphatic hydroxyl groups is 1. The highest BCUT2D eigenvalue weighted by Gasteiger charge is 2.58. The molecule has 2 saturated heterocycles. The molecule has 3 amide bonds. The van der Waals surface area contributed by atoms with Gasteiger partial charge in [-0.25, -0.2) is 9.18 Å². The van der Waals surface area contributed by atoms with Crippen molar-refractivity contribution in [1.82, 2.24) is 10.2 Å². The molecule has 3 fully saturated rings. The molecule has 156 valence electrons. The lowest BCUT2D eigenvalue weighted by atomic mass is 10.0. The number of piperidine rings is 1. The van der Waals surface area contributed by atoms with Crippen molar-refractivity contribution in [2.75, 3.05) is 31.1 Å². The molecule has 0 aromatic heterocycles. The van der Waals surface area contributed by atoms with Crippen LogP contribution in [0.4, 0.5) is 14.9 Å². The van der Waals surface area contributed by atoms with Gasteiger partial charge < -0.3 is 20.1 Å². The number of halogens is 1. The molecule has 5 atom stereocenters. The first-order valence-electron chi connectivity index (χ1n) is 9.75. The van der Waals surface area contributed by atoms with Crippen LogP contribution in [0, 0.1) is 17.7 Å². The number of fused-ring (bicyclic) bond motifs is 1. The molecule has 0 radical (unpaired) electrons. The first-order valence-corrected chi connectivity index (χ1v) is 9.75. The van der Waals surface area contributed by atoms with Crippen LogP contribution in [-0.4, -0.2) is 66.3 Å². The zero-order chi connectivity index (χ0) is 20.9. The number of amides is 3. The maximum Gasteiger partial charge on any atom is 0.414 e. The summed E-state index contributed by atoms with van der Waals surface area (Å²) in [6.07, 6.45) is -2.06. The maximum atomic E-state index is 14.8. The lowest BCUT2D eigenvalue weighted by Crippen LogP contribution is -2.37. The Morgan fingerprint density at radius 2 is 2.00 bits per heavy atom. The van der Waals surface area contributed by atoms with Crippen molar-refractivity contribution in [2.45, 2.75) is 32.0 Å². The minimum atomic E-state index is -1.02. The van der Waals surface area contributed by atoms with E-state index < -0.39 is 18.3 Å². The van der Waals surface area contributed by atoms with E-state index in [4.69, 9.17) is 4.74 Å². The summed E-state index contributed by atoms with van der Waals surface area (Å²) in [5, 5.41) is 12.0. The number of anilines is 1. The summed E-state index contributed by atoms with van der Waals surface area (Å²) in [6, 6.07) is 4.74. The summed E-state index contributed by atoms with van der Waals surface area (Å²) in [6.45, 7) is 4.35. The zero-order valence-corrected chi connectivity index (χ0v) is 16.3. The monoisotopic (exact) mass is 405 g/mol. The summed E-state index contributed by atoms with van der Waals surface area (Å²) in [4.78, 5) is 38.0. The molecule has 3 aliphatic rings. The van der Waals surface area contributed by atoms with E-state index in [2.05, 4.69) is 5.32 Å². The van der Waals surface area contributed by atoms with Gasteiger partial charge in [0.2, 0.25) is 5.91 Å². The zero-order valence-electron chi connectivity index (χ0n) is 16.3. The second kappa shape index (κ2) is 7.29. The fourth-order valence-electron chi connectivity index (χ4n) is 4.48. The highest BCUT2D eigenvalue weighted by Crippen LogP contribution is 2.58. The van der Waals surface area contributed by atoms with Crippen molar-refractivity contribution < 1.29 is 28.6 Å². The molecular weight excluding hydrogens is 381 g/mol. The van der Waals surface area contributed by atoms with E-state index >= 15 is 0 Å². The number of carbonyl (C=O) groups is 3. The van der Waals surface area contributed by atoms with Crippen molar-refractivity contribution in [2.24, 2.45) is 11.8 Å². The number of hydrogen-bond acceptors (Lipinski definition) is 5. The molecule has 2 aliphatic heterocycles. The Kier molecular flexibility index (Phi) is 4.94. The minimum absolute atomic E-state index is 0.0557. The SMILES string of the molecule is CC(=O)NC[C@H]1CN(c2ccc(C3[C@H]4CN(C(=O)[C@H](C)O)C[C@@H]34)c(F)c2)C(=O)O1. The molecule has 29 heavy (non-hydrogen) atoms. The van der Waals surface area contributed by atoms with Gasteiger partial charge in [-0.15, -0.1) is 0 Å². The first kappa shape index (κ1) is 19.6. The number of benzene rings is 1. The third kappa shape index (κ3) is 3.66. The van der Waals surface area contributed by atoms with Gasteiger partial charge in [0.15, 0.2) is 0 Å². The number of cyclic esters (lactones) is 1. The van der Waals surface area contributed by atoms with E-state index in [9.17, 15) is 23.9 Å². The van der Waals surface area contributed by atoms with Crippen molar-refractivity contribution in [3.8, 4) is 0 Å². The Morgan fingerprint density at radius 1 is 1.31 bits per heavy atom. The summed E-state index contributed by atoms with van der Waals surface area (Å²) < 4.78 is 20.0. The maximum absolute atomic E-state index is 14.8. The fourth-order valence-corrected chi connectivity index (χ4v) is 4.48. The summed E-state index contributed by atoms with van der Waals surface area (Å²) >= 11 is 0. The molecule has 2 N–H and O–H groups in total. The molecule has 0 bridgehead atoms. The summed E-state index contributed by atoms with van der Waals surface area (Å²) in [5.74, 6) is -0.408. The third-order valence-electron chi connectivity index (χ3n) is 5.97. The van der Waals surface area contributed by atoms with Gasteiger partial charge in [-0.05, 0) is 42.4 Å². The lowest BCUT2D eigenvalue weighted by molar-refractivity contribution is -0.138. The number of rotatable bonds is 5. The number of nitrogens with one attached hydrogen (secondary N) is 1. The van der Waals surface area contributed by atoms with Crippen LogP contribution in [-0.2, 0) is 14.3 Å². The van der Waals surface area contributed by atoms with E-state index in [1.807, 2.05) is 0 Å². The van der Waals surface area contributed by atoms with Gasteiger partial charge in [-0.3, -0.25) is 14.5 Å². The second-order valence-corrected chi connectivity index (χ2v) is 8.03. The van der Waals surface area contributed by atoms with E-state index in [0.717, 1.165) is 0 Å². The van der Waals surface area contributed by atoms with Crippen molar-refractivity contribution in [3.05, 3.63) is 29.6 Å². The van der Waals surface area contributed by atoms with Crippen LogP contribution in [0.1, 0.15) is 25.3 Å². The van der Waals surface area contributed by atoms with E-state index in [0.29, 0.717) is 24.3 Å². The number of hydrogen-bond donors (Lipinski definition) is 2. The standard InChI is InChI=1S/C20H24FN3O5/c1-10(25)19(27)23-8-15-16(9-23)18(15)14-4-3-12(5-17(14)21)24-7-13(29-20(24)28)6-22-11(2)26/h3-5,10,13,15-16,18,25H,6-9H2,1-2H3,(H,22,26)/t10-,13-,15-,16+,18?/m0/s1. The topological polar surface area (TPSA) is 99.2 Å². The molecule has 9 heteroatoms.